The van der Waals surface area contributed by atoms with Crippen LogP contribution in [0.1, 0.15) is 29.6 Å². The predicted molar refractivity (Wildman–Crippen MR) is 83.4 cm³/mol. The van der Waals surface area contributed by atoms with Crippen molar-refractivity contribution in [3.8, 4) is 0 Å². The van der Waals surface area contributed by atoms with Crippen LogP contribution in [0.15, 0.2) is 47.2 Å². The van der Waals surface area contributed by atoms with Gasteiger partial charge in [-0.3, -0.25) is 0 Å². The van der Waals surface area contributed by atoms with Gasteiger partial charge in [0.1, 0.15) is 0 Å². The lowest BCUT2D eigenvalue weighted by molar-refractivity contribution is 0.173. The molecule has 2 amide bonds. The zero-order chi connectivity index (χ0) is 14.7. The van der Waals surface area contributed by atoms with Crippen LogP contribution < -0.4 is 10.6 Å². The van der Waals surface area contributed by atoms with Crippen LogP contribution in [-0.2, 0) is 0 Å². The first-order valence-corrected chi connectivity index (χ1v) is 7.98. The molecule has 1 heterocycles. The number of hydrogen-bond donors (Lipinski definition) is 3. The monoisotopic (exact) mass is 302 g/mol. The fourth-order valence-corrected chi connectivity index (χ4v) is 3.12. The van der Waals surface area contributed by atoms with Crippen LogP contribution in [0, 0.1) is 0 Å². The summed E-state index contributed by atoms with van der Waals surface area (Å²) in [5, 5.41) is 19.4. The summed E-state index contributed by atoms with van der Waals surface area (Å²) in [4.78, 5) is 11.8. The largest absolute Gasteiger partial charge is 0.387 e. The van der Waals surface area contributed by atoms with Gasteiger partial charge in [0.05, 0.1) is 6.10 Å². The molecular weight excluding hydrogens is 284 g/mol. The number of aliphatic hydroxyl groups is 1. The number of hydrogen-bond acceptors (Lipinski definition) is 3. The van der Waals surface area contributed by atoms with E-state index in [0.717, 1.165) is 12.0 Å². The maximum absolute atomic E-state index is 11.8. The Morgan fingerprint density at radius 2 is 2.14 bits per heavy atom. The average Bonchev–Trinajstić information content (AvgIpc) is 3.04. The molecule has 2 aromatic rings. The number of rotatable bonds is 5. The van der Waals surface area contributed by atoms with Gasteiger partial charge in [-0.2, -0.15) is 11.3 Å². The topological polar surface area (TPSA) is 61.4 Å². The van der Waals surface area contributed by atoms with E-state index in [9.17, 15) is 9.90 Å². The van der Waals surface area contributed by atoms with Gasteiger partial charge < -0.3 is 15.7 Å². The van der Waals surface area contributed by atoms with Crippen molar-refractivity contribution in [1.82, 2.24) is 10.6 Å². The molecule has 110 valence electrons. The molecular formula is C16H18N2O2S. The van der Waals surface area contributed by atoms with Gasteiger partial charge in [-0.05, 0) is 34.4 Å². The molecule has 1 aromatic carbocycles. The Balaban J connectivity index is 1.42. The molecule has 3 atom stereocenters. The van der Waals surface area contributed by atoms with Crippen molar-refractivity contribution in [2.75, 3.05) is 6.54 Å². The van der Waals surface area contributed by atoms with Crippen LogP contribution in [0.2, 0.25) is 0 Å². The van der Waals surface area contributed by atoms with Crippen LogP contribution in [0.4, 0.5) is 4.79 Å². The molecule has 0 radical (unpaired) electrons. The van der Waals surface area contributed by atoms with Gasteiger partial charge in [-0.15, -0.1) is 0 Å². The van der Waals surface area contributed by atoms with Crippen molar-refractivity contribution in [2.24, 2.45) is 0 Å². The van der Waals surface area contributed by atoms with E-state index in [0.29, 0.717) is 5.92 Å². The molecule has 4 nitrogen and oxygen atoms in total. The first kappa shape index (κ1) is 14.1. The van der Waals surface area contributed by atoms with Crippen molar-refractivity contribution in [3.63, 3.8) is 0 Å². The minimum Gasteiger partial charge on any atom is -0.387 e. The highest BCUT2D eigenvalue weighted by Crippen LogP contribution is 2.40. The van der Waals surface area contributed by atoms with Crippen molar-refractivity contribution < 1.29 is 9.90 Å². The van der Waals surface area contributed by atoms with Gasteiger partial charge in [0, 0.05) is 18.5 Å². The van der Waals surface area contributed by atoms with E-state index in [1.54, 1.807) is 0 Å². The van der Waals surface area contributed by atoms with E-state index in [4.69, 9.17) is 0 Å². The normalized spacial score (nSPS) is 21.6. The lowest BCUT2D eigenvalue weighted by Crippen LogP contribution is -2.39. The number of thiophene rings is 1. The van der Waals surface area contributed by atoms with Crippen molar-refractivity contribution in [2.45, 2.75) is 24.5 Å². The highest BCUT2D eigenvalue weighted by Gasteiger charge is 2.39. The minimum atomic E-state index is -0.647. The third-order valence-corrected chi connectivity index (χ3v) is 4.42. The van der Waals surface area contributed by atoms with Gasteiger partial charge in [0.15, 0.2) is 0 Å². The molecule has 5 heteroatoms. The Kier molecular flexibility index (Phi) is 4.22. The number of carbonyl (C=O) groups excluding carboxylic acids is 1. The minimum absolute atomic E-state index is 0.200. The molecule has 3 unspecified atom stereocenters. The fourth-order valence-electron chi connectivity index (χ4n) is 2.41. The summed E-state index contributed by atoms with van der Waals surface area (Å²) < 4.78 is 0. The Bertz CT molecular complexity index is 586. The summed E-state index contributed by atoms with van der Waals surface area (Å²) >= 11 is 1.53. The van der Waals surface area contributed by atoms with Gasteiger partial charge >= 0.3 is 6.03 Å². The maximum Gasteiger partial charge on any atom is 0.315 e. The standard InChI is InChI=1S/C16H18N2O2S/c19-15(12-6-7-21-10-12)9-17-16(20)18-14-8-13(14)11-4-2-1-3-5-11/h1-7,10,13-15,19H,8-9H2,(H2,17,18,20). The maximum atomic E-state index is 11.8. The summed E-state index contributed by atoms with van der Waals surface area (Å²) in [6, 6.07) is 12.0. The smallest absolute Gasteiger partial charge is 0.315 e. The first-order valence-electron chi connectivity index (χ1n) is 7.03. The molecule has 0 spiro atoms. The number of aliphatic hydroxyl groups excluding tert-OH is 1. The second-order valence-electron chi connectivity index (χ2n) is 5.29. The Labute approximate surface area is 127 Å². The van der Waals surface area contributed by atoms with E-state index >= 15 is 0 Å². The lowest BCUT2D eigenvalue weighted by Gasteiger charge is -2.11. The Morgan fingerprint density at radius 1 is 1.33 bits per heavy atom. The quantitative estimate of drug-likeness (QED) is 0.795. The highest BCUT2D eigenvalue weighted by atomic mass is 32.1. The SMILES string of the molecule is O=C(NCC(O)c1ccsc1)NC1CC1c1ccccc1. The van der Waals surface area contributed by atoms with E-state index in [2.05, 4.69) is 22.8 Å². The lowest BCUT2D eigenvalue weighted by atomic mass is 10.1. The van der Waals surface area contributed by atoms with Crippen molar-refractivity contribution in [1.29, 1.82) is 0 Å². The van der Waals surface area contributed by atoms with Gasteiger partial charge in [-0.25, -0.2) is 4.79 Å². The van der Waals surface area contributed by atoms with E-state index in [1.807, 2.05) is 35.0 Å². The first-order chi connectivity index (χ1) is 10.2. The molecule has 0 saturated heterocycles. The second-order valence-corrected chi connectivity index (χ2v) is 6.07. The van der Waals surface area contributed by atoms with Crippen molar-refractivity contribution >= 4 is 17.4 Å². The number of benzene rings is 1. The Morgan fingerprint density at radius 3 is 2.86 bits per heavy atom. The third-order valence-electron chi connectivity index (χ3n) is 3.72. The highest BCUT2D eigenvalue weighted by molar-refractivity contribution is 7.07. The zero-order valence-electron chi connectivity index (χ0n) is 11.5. The van der Waals surface area contributed by atoms with E-state index in [1.165, 1.54) is 16.9 Å². The summed E-state index contributed by atoms with van der Waals surface area (Å²) in [5.41, 5.74) is 2.11. The second kappa shape index (κ2) is 6.28. The predicted octanol–water partition coefficient (Wildman–Crippen LogP) is 2.64. The summed E-state index contributed by atoms with van der Waals surface area (Å²) in [6.07, 6.45) is 0.330. The average molecular weight is 302 g/mol. The van der Waals surface area contributed by atoms with Crippen LogP contribution in [0.5, 0.6) is 0 Å². The van der Waals surface area contributed by atoms with E-state index < -0.39 is 6.10 Å². The molecule has 1 aliphatic carbocycles. The third kappa shape index (κ3) is 3.62. The molecule has 0 bridgehead atoms. The van der Waals surface area contributed by atoms with Crippen LogP contribution >= 0.6 is 11.3 Å². The zero-order valence-corrected chi connectivity index (χ0v) is 12.3. The van der Waals surface area contributed by atoms with E-state index in [-0.39, 0.29) is 18.6 Å². The molecule has 1 saturated carbocycles. The summed E-state index contributed by atoms with van der Waals surface area (Å²) in [7, 11) is 0. The van der Waals surface area contributed by atoms with Crippen LogP contribution in [-0.4, -0.2) is 23.7 Å². The summed E-state index contributed by atoms with van der Waals surface area (Å²) in [6.45, 7) is 0.227. The van der Waals surface area contributed by atoms with Crippen LogP contribution in [0.25, 0.3) is 0 Å². The number of urea groups is 1. The Hall–Kier alpha value is -1.85. The number of carbonyl (C=O) groups is 1. The molecule has 3 N–H and O–H groups in total. The summed E-state index contributed by atoms with van der Waals surface area (Å²) in [5.74, 6) is 0.416. The van der Waals surface area contributed by atoms with Crippen molar-refractivity contribution in [3.05, 3.63) is 58.3 Å². The molecule has 1 aromatic heterocycles. The fraction of sp³-hybridized carbons (Fsp3) is 0.312. The molecule has 21 heavy (non-hydrogen) atoms. The van der Waals surface area contributed by atoms with Gasteiger partial charge in [0.2, 0.25) is 0 Å². The molecule has 1 aliphatic rings. The number of amides is 2. The molecule has 1 fully saturated rings. The van der Waals surface area contributed by atoms with Gasteiger partial charge in [0.25, 0.3) is 0 Å². The molecule has 0 aliphatic heterocycles. The number of nitrogens with one attached hydrogen (secondary N) is 2. The van der Waals surface area contributed by atoms with Gasteiger partial charge in [-0.1, -0.05) is 30.3 Å². The molecule has 3 rings (SSSR count). The van der Waals surface area contributed by atoms with Crippen LogP contribution in [0.3, 0.4) is 0 Å².